The number of carboxylic acid groups (broad SMARTS) is 1. The van der Waals surface area contributed by atoms with E-state index in [1.807, 2.05) is 0 Å². The maximum Gasteiger partial charge on any atom is 0.357 e. The standard InChI is InChI=1S/C16H19N3O4/c17-14(16(20)21)15(19-18)23-13-5-3-11(4-6-13)1-2-12-7-9-22-10-8-12/h3-6,12,19H,7-10,17-18H2,(H,20,21)/b15-14+. The van der Waals surface area contributed by atoms with Gasteiger partial charge in [-0.2, -0.15) is 0 Å². The van der Waals surface area contributed by atoms with Gasteiger partial charge in [-0.3, -0.25) is 5.43 Å². The van der Waals surface area contributed by atoms with Gasteiger partial charge in [0.15, 0.2) is 5.70 Å². The zero-order chi connectivity index (χ0) is 16.7. The van der Waals surface area contributed by atoms with Gasteiger partial charge in [0.1, 0.15) is 5.75 Å². The lowest BCUT2D eigenvalue weighted by molar-refractivity contribution is -0.132. The van der Waals surface area contributed by atoms with Gasteiger partial charge in [0.25, 0.3) is 0 Å². The Kier molecular flexibility index (Phi) is 5.86. The van der Waals surface area contributed by atoms with E-state index < -0.39 is 11.7 Å². The third kappa shape index (κ3) is 4.92. The third-order valence-corrected chi connectivity index (χ3v) is 3.32. The number of rotatable bonds is 4. The van der Waals surface area contributed by atoms with Crippen molar-refractivity contribution in [2.75, 3.05) is 13.2 Å². The van der Waals surface area contributed by atoms with E-state index in [2.05, 4.69) is 17.3 Å². The number of carboxylic acids is 1. The summed E-state index contributed by atoms with van der Waals surface area (Å²) < 4.78 is 10.6. The molecule has 23 heavy (non-hydrogen) atoms. The summed E-state index contributed by atoms with van der Waals surface area (Å²) in [5.41, 5.74) is 7.83. The molecule has 1 aromatic carbocycles. The average Bonchev–Trinajstić information content (AvgIpc) is 2.59. The number of nitrogens with two attached hydrogens (primary N) is 2. The Morgan fingerprint density at radius 2 is 1.96 bits per heavy atom. The van der Waals surface area contributed by atoms with E-state index in [-0.39, 0.29) is 5.88 Å². The number of ether oxygens (including phenoxy) is 2. The molecule has 7 heteroatoms. The van der Waals surface area contributed by atoms with Crippen molar-refractivity contribution in [3.63, 3.8) is 0 Å². The van der Waals surface area contributed by atoms with E-state index in [0.717, 1.165) is 31.6 Å². The Balaban J connectivity index is 2.03. The first kappa shape index (κ1) is 16.7. The molecule has 0 amide bonds. The number of aliphatic carboxylic acids is 1. The summed E-state index contributed by atoms with van der Waals surface area (Å²) in [5.74, 6) is 10.8. The van der Waals surface area contributed by atoms with Gasteiger partial charge in [-0.15, -0.1) is 0 Å². The minimum Gasteiger partial charge on any atom is -0.476 e. The number of carbonyl (C=O) groups is 1. The van der Waals surface area contributed by atoms with E-state index in [1.54, 1.807) is 24.3 Å². The molecule has 0 saturated carbocycles. The number of benzene rings is 1. The number of hydrogen-bond acceptors (Lipinski definition) is 6. The van der Waals surface area contributed by atoms with Crippen LogP contribution in [0.1, 0.15) is 18.4 Å². The molecular weight excluding hydrogens is 298 g/mol. The van der Waals surface area contributed by atoms with Gasteiger partial charge in [-0.25, -0.2) is 10.6 Å². The second-order valence-electron chi connectivity index (χ2n) is 4.97. The monoisotopic (exact) mass is 317 g/mol. The Hall–Kier alpha value is -2.69. The van der Waals surface area contributed by atoms with Crippen LogP contribution in [0.15, 0.2) is 35.8 Å². The van der Waals surface area contributed by atoms with Crippen molar-refractivity contribution in [3.8, 4) is 17.6 Å². The molecule has 0 aromatic heterocycles. The van der Waals surface area contributed by atoms with E-state index in [0.29, 0.717) is 11.7 Å². The first-order chi connectivity index (χ1) is 11.1. The number of nitrogens with one attached hydrogen (secondary N) is 1. The predicted molar refractivity (Wildman–Crippen MR) is 83.7 cm³/mol. The van der Waals surface area contributed by atoms with Gasteiger partial charge in [0, 0.05) is 24.7 Å². The largest absolute Gasteiger partial charge is 0.476 e. The zero-order valence-electron chi connectivity index (χ0n) is 12.5. The van der Waals surface area contributed by atoms with Gasteiger partial charge in [0.2, 0.25) is 5.88 Å². The predicted octanol–water partition coefficient (Wildman–Crippen LogP) is 0.519. The van der Waals surface area contributed by atoms with E-state index in [4.69, 9.17) is 26.2 Å². The quantitative estimate of drug-likeness (QED) is 0.210. The molecule has 1 aromatic rings. The van der Waals surface area contributed by atoms with Crippen molar-refractivity contribution < 1.29 is 19.4 Å². The van der Waals surface area contributed by atoms with Crippen molar-refractivity contribution >= 4 is 5.97 Å². The van der Waals surface area contributed by atoms with Crippen LogP contribution in [0.25, 0.3) is 0 Å². The van der Waals surface area contributed by atoms with Crippen molar-refractivity contribution in [2.45, 2.75) is 12.8 Å². The summed E-state index contributed by atoms with van der Waals surface area (Å²) in [6, 6.07) is 6.90. The van der Waals surface area contributed by atoms with Crippen LogP contribution < -0.4 is 21.7 Å². The van der Waals surface area contributed by atoms with Gasteiger partial charge < -0.3 is 20.3 Å². The molecule has 1 saturated heterocycles. The molecule has 6 N–H and O–H groups in total. The van der Waals surface area contributed by atoms with Crippen LogP contribution in [0.5, 0.6) is 5.75 Å². The summed E-state index contributed by atoms with van der Waals surface area (Å²) in [6.07, 6.45) is 1.91. The van der Waals surface area contributed by atoms with Gasteiger partial charge in [0.05, 0.1) is 0 Å². The molecule has 1 heterocycles. The maximum absolute atomic E-state index is 10.8. The lowest BCUT2D eigenvalue weighted by Crippen LogP contribution is -2.31. The first-order valence-corrected chi connectivity index (χ1v) is 7.17. The average molecular weight is 317 g/mol. The molecule has 0 unspecified atom stereocenters. The molecule has 122 valence electrons. The fraction of sp³-hybridized carbons (Fsp3) is 0.312. The molecule has 1 aliphatic heterocycles. The summed E-state index contributed by atoms with van der Waals surface area (Å²) in [6.45, 7) is 1.52. The van der Waals surface area contributed by atoms with Crippen LogP contribution in [-0.2, 0) is 9.53 Å². The fourth-order valence-corrected chi connectivity index (χ4v) is 2.01. The Bertz CT molecular complexity index is 638. The Morgan fingerprint density at radius 1 is 1.30 bits per heavy atom. The van der Waals surface area contributed by atoms with Crippen LogP contribution in [0.3, 0.4) is 0 Å². The van der Waals surface area contributed by atoms with Crippen LogP contribution in [-0.4, -0.2) is 24.3 Å². The third-order valence-electron chi connectivity index (χ3n) is 3.32. The summed E-state index contributed by atoms with van der Waals surface area (Å²) in [4.78, 5) is 10.8. The molecule has 0 spiro atoms. The van der Waals surface area contributed by atoms with Crippen molar-refractivity contribution in [3.05, 3.63) is 41.4 Å². The van der Waals surface area contributed by atoms with E-state index >= 15 is 0 Å². The molecule has 0 bridgehead atoms. The Morgan fingerprint density at radius 3 is 2.52 bits per heavy atom. The highest BCUT2D eigenvalue weighted by molar-refractivity contribution is 5.85. The topological polar surface area (TPSA) is 120 Å². The molecule has 2 rings (SSSR count). The van der Waals surface area contributed by atoms with Crippen molar-refractivity contribution in [1.29, 1.82) is 0 Å². The fourth-order valence-electron chi connectivity index (χ4n) is 2.01. The van der Waals surface area contributed by atoms with E-state index in [1.165, 1.54) is 0 Å². The van der Waals surface area contributed by atoms with Crippen LogP contribution in [0.2, 0.25) is 0 Å². The lowest BCUT2D eigenvalue weighted by atomic mass is 10.0. The highest BCUT2D eigenvalue weighted by Gasteiger charge is 2.12. The molecule has 0 aliphatic carbocycles. The Labute approximate surface area is 134 Å². The minimum absolute atomic E-state index is 0.224. The summed E-state index contributed by atoms with van der Waals surface area (Å²) >= 11 is 0. The first-order valence-electron chi connectivity index (χ1n) is 7.17. The molecule has 0 atom stereocenters. The molecule has 1 aliphatic rings. The SMILES string of the molecule is NN/C(Oc1ccc(C#CC2CCOCC2)cc1)=C(\N)C(=O)O. The second kappa shape index (κ2) is 8.08. The minimum atomic E-state index is -1.32. The van der Waals surface area contributed by atoms with Crippen LogP contribution >= 0.6 is 0 Å². The molecule has 7 nitrogen and oxygen atoms in total. The summed E-state index contributed by atoms with van der Waals surface area (Å²) in [5, 5.41) is 8.81. The van der Waals surface area contributed by atoms with Crippen LogP contribution in [0.4, 0.5) is 0 Å². The van der Waals surface area contributed by atoms with Gasteiger partial charge in [-0.1, -0.05) is 11.8 Å². The molecule has 1 fully saturated rings. The number of hydrazine groups is 1. The normalized spacial score (nSPS) is 15.9. The highest BCUT2D eigenvalue weighted by Crippen LogP contribution is 2.16. The highest BCUT2D eigenvalue weighted by atomic mass is 16.5. The number of hydrogen-bond donors (Lipinski definition) is 4. The zero-order valence-corrected chi connectivity index (χ0v) is 12.5. The van der Waals surface area contributed by atoms with Crippen molar-refractivity contribution in [1.82, 2.24) is 5.43 Å². The smallest absolute Gasteiger partial charge is 0.357 e. The maximum atomic E-state index is 10.8. The van der Waals surface area contributed by atoms with Crippen molar-refractivity contribution in [2.24, 2.45) is 17.5 Å². The molecule has 0 radical (unpaired) electrons. The summed E-state index contributed by atoms with van der Waals surface area (Å²) in [7, 11) is 0. The molecular formula is C16H19N3O4. The lowest BCUT2D eigenvalue weighted by Gasteiger charge is -2.16. The van der Waals surface area contributed by atoms with E-state index in [9.17, 15) is 4.79 Å². The van der Waals surface area contributed by atoms with Gasteiger partial charge >= 0.3 is 5.97 Å². The second-order valence-corrected chi connectivity index (χ2v) is 4.97. The van der Waals surface area contributed by atoms with Crippen LogP contribution in [0, 0.1) is 17.8 Å². The van der Waals surface area contributed by atoms with Gasteiger partial charge in [-0.05, 0) is 37.1 Å².